The summed E-state index contributed by atoms with van der Waals surface area (Å²) >= 11 is 0. The molecular weight excluding hydrogens is 230 g/mol. The van der Waals surface area contributed by atoms with Gasteiger partial charge in [-0.25, -0.2) is 8.42 Å². The summed E-state index contributed by atoms with van der Waals surface area (Å²) < 4.78 is 25.9. The summed E-state index contributed by atoms with van der Waals surface area (Å²) in [6.45, 7) is 0. The first-order chi connectivity index (χ1) is 7.74. The van der Waals surface area contributed by atoms with E-state index in [1.165, 1.54) is 0 Å². The number of nitrogens with zero attached hydrogens (tertiary/aromatic N) is 2. The first-order valence-electron chi connectivity index (χ1n) is 4.50. The van der Waals surface area contributed by atoms with Crippen LogP contribution in [0.3, 0.4) is 0 Å². The Kier molecular flexibility index (Phi) is 3.16. The zero-order valence-corrected chi connectivity index (χ0v) is 9.05. The quantitative estimate of drug-likeness (QED) is 0.772. The predicted molar refractivity (Wildman–Crippen MR) is 58.0 cm³/mol. The second-order valence-electron chi connectivity index (χ2n) is 2.98. The molecule has 0 unspecified atom stereocenters. The standard InChI is InChI=1S/C9H9N3O3S/c13-16(14)6-8-11-12-9(15-8)10-7-4-2-1-3-5-7/h1-5,16H,6H2,(H,10,12). The SMILES string of the molecule is O=[SH](=O)Cc1nnc(Nc2ccccc2)o1. The third-order valence-corrected chi connectivity index (χ3v) is 2.28. The number of nitrogens with one attached hydrogen (secondary N) is 1. The van der Waals surface area contributed by atoms with E-state index >= 15 is 0 Å². The van der Waals surface area contributed by atoms with E-state index in [4.69, 9.17) is 4.42 Å². The maximum absolute atomic E-state index is 10.4. The fourth-order valence-corrected chi connectivity index (χ4v) is 1.47. The van der Waals surface area contributed by atoms with Gasteiger partial charge in [0.2, 0.25) is 5.89 Å². The molecule has 0 spiro atoms. The number of thiol groups is 1. The maximum atomic E-state index is 10.4. The van der Waals surface area contributed by atoms with E-state index in [9.17, 15) is 8.42 Å². The molecule has 0 aliphatic rings. The highest BCUT2D eigenvalue weighted by Crippen LogP contribution is 2.14. The molecule has 0 fully saturated rings. The Morgan fingerprint density at radius 3 is 2.62 bits per heavy atom. The number of anilines is 2. The predicted octanol–water partition coefficient (Wildman–Crippen LogP) is 0.925. The summed E-state index contributed by atoms with van der Waals surface area (Å²) in [5.74, 6) is -0.159. The lowest BCUT2D eigenvalue weighted by Gasteiger charge is -1.98. The number of para-hydroxylation sites is 1. The van der Waals surface area contributed by atoms with Crippen molar-refractivity contribution in [1.82, 2.24) is 10.2 Å². The molecule has 7 heteroatoms. The second kappa shape index (κ2) is 4.75. The smallest absolute Gasteiger partial charge is 0.320 e. The van der Waals surface area contributed by atoms with Gasteiger partial charge in [-0.1, -0.05) is 23.3 Å². The molecule has 0 aliphatic heterocycles. The topological polar surface area (TPSA) is 85.1 Å². The monoisotopic (exact) mass is 239 g/mol. The number of benzene rings is 1. The van der Waals surface area contributed by atoms with Crippen LogP contribution in [0, 0.1) is 0 Å². The summed E-state index contributed by atoms with van der Waals surface area (Å²) in [5.41, 5.74) is 0.796. The molecule has 1 aromatic carbocycles. The van der Waals surface area contributed by atoms with Crippen molar-refractivity contribution in [2.75, 3.05) is 5.32 Å². The van der Waals surface area contributed by atoms with Gasteiger partial charge in [-0.2, -0.15) is 0 Å². The fourth-order valence-electron chi connectivity index (χ4n) is 1.12. The van der Waals surface area contributed by atoms with Gasteiger partial charge in [0.25, 0.3) is 0 Å². The van der Waals surface area contributed by atoms with Gasteiger partial charge >= 0.3 is 6.01 Å². The highest BCUT2D eigenvalue weighted by molar-refractivity contribution is 7.71. The fraction of sp³-hybridized carbons (Fsp3) is 0.111. The van der Waals surface area contributed by atoms with Gasteiger partial charge in [0.05, 0.1) is 0 Å². The van der Waals surface area contributed by atoms with Crippen LogP contribution in [0.5, 0.6) is 0 Å². The van der Waals surface area contributed by atoms with Gasteiger partial charge < -0.3 is 9.73 Å². The van der Waals surface area contributed by atoms with E-state index in [0.717, 1.165) is 5.69 Å². The Hall–Kier alpha value is -1.89. The normalized spacial score (nSPS) is 10.6. The van der Waals surface area contributed by atoms with Crippen molar-refractivity contribution < 1.29 is 12.8 Å². The molecule has 0 saturated carbocycles. The number of hydrogen-bond acceptors (Lipinski definition) is 6. The highest BCUT2D eigenvalue weighted by Gasteiger charge is 2.06. The zero-order chi connectivity index (χ0) is 11.4. The van der Waals surface area contributed by atoms with E-state index in [1.807, 2.05) is 30.3 Å². The molecule has 0 amide bonds. The van der Waals surface area contributed by atoms with E-state index in [2.05, 4.69) is 15.5 Å². The van der Waals surface area contributed by atoms with E-state index < -0.39 is 10.7 Å². The lowest BCUT2D eigenvalue weighted by molar-refractivity contribution is 0.524. The largest absolute Gasteiger partial charge is 0.407 e. The lowest BCUT2D eigenvalue weighted by atomic mass is 10.3. The molecular formula is C9H9N3O3S. The van der Waals surface area contributed by atoms with Crippen LogP contribution in [-0.4, -0.2) is 18.6 Å². The van der Waals surface area contributed by atoms with Crippen molar-refractivity contribution in [3.05, 3.63) is 36.2 Å². The van der Waals surface area contributed by atoms with Crippen LogP contribution < -0.4 is 5.32 Å². The Bertz CT molecular complexity index is 528. The van der Waals surface area contributed by atoms with Crippen molar-refractivity contribution in [3.8, 4) is 0 Å². The third-order valence-electron chi connectivity index (χ3n) is 1.76. The Morgan fingerprint density at radius 1 is 1.19 bits per heavy atom. The lowest BCUT2D eigenvalue weighted by Crippen LogP contribution is -1.88. The van der Waals surface area contributed by atoms with Gasteiger partial charge in [0, 0.05) is 5.69 Å². The molecule has 0 atom stereocenters. The summed E-state index contributed by atoms with van der Waals surface area (Å²) in [6, 6.07) is 9.43. The van der Waals surface area contributed by atoms with E-state index in [1.54, 1.807) is 0 Å². The van der Waals surface area contributed by atoms with Crippen LogP contribution in [0.25, 0.3) is 0 Å². The first-order valence-corrected chi connectivity index (χ1v) is 5.86. The van der Waals surface area contributed by atoms with Crippen molar-refractivity contribution >= 4 is 22.4 Å². The second-order valence-corrected chi connectivity index (χ2v) is 3.96. The Labute approximate surface area is 93.3 Å². The highest BCUT2D eigenvalue weighted by atomic mass is 32.2. The van der Waals surface area contributed by atoms with Crippen LogP contribution in [0.15, 0.2) is 34.7 Å². The third kappa shape index (κ3) is 2.80. The van der Waals surface area contributed by atoms with Crippen LogP contribution in [-0.2, 0) is 16.5 Å². The number of hydrogen-bond donors (Lipinski definition) is 2. The Balaban J connectivity index is 2.08. The van der Waals surface area contributed by atoms with Gasteiger partial charge in [-0.15, -0.1) is 5.10 Å². The van der Waals surface area contributed by atoms with E-state index in [-0.39, 0.29) is 17.7 Å². The minimum atomic E-state index is -2.55. The molecule has 16 heavy (non-hydrogen) atoms. The summed E-state index contributed by atoms with van der Waals surface area (Å²) in [6.07, 6.45) is 0. The molecule has 6 nitrogen and oxygen atoms in total. The molecule has 84 valence electrons. The zero-order valence-electron chi connectivity index (χ0n) is 8.16. The van der Waals surface area contributed by atoms with Crippen molar-refractivity contribution in [2.45, 2.75) is 5.75 Å². The van der Waals surface area contributed by atoms with Crippen molar-refractivity contribution in [2.24, 2.45) is 0 Å². The van der Waals surface area contributed by atoms with Gasteiger partial charge in [-0.3, -0.25) is 0 Å². The van der Waals surface area contributed by atoms with Crippen LogP contribution in [0.2, 0.25) is 0 Å². The molecule has 0 aliphatic carbocycles. The summed E-state index contributed by atoms with van der Waals surface area (Å²) in [7, 11) is -2.55. The molecule has 0 bridgehead atoms. The molecule has 1 N–H and O–H groups in total. The molecule has 2 rings (SSSR count). The van der Waals surface area contributed by atoms with Crippen LogP contribution >= 0.6 is 0 Å². The van der Waals surface area contributed by atoms with Gasteiger partial charge in [0.15, 0.2) is 0 Å². The van der Waals surface area contributed by atoms with Gasteiger partial charge in [0.1, 0.15) is 16.5 Å². The maximum Gasteiger partial charge on any atom is 0.320 e. The minimum Gasteiger partial charge on any atom is -0.407 e. The molecule has 1 aromatic heterocycles. The van der Waals surface area contributed by atoms with E-state index in [0.29, 0.717) is 0 Å². The summed E-state index contributed by atoms with van der Waals surface area (Å²) in [5, 5.41) is 10.1. The van der Waals surface area contributed by atoms with Crippen molar-refractivity contribution in [1.29, 1.82) is 0 Å². The van der Waals surface area contributed by atoms with Crippen LogP contribution in [0.4, 0.5) is 11.7 Å². The average Bonchev–Trinajstić information content (AvgIpc) is 2.66. The number of rotatable bonds is 4. The first kappa shape index (κ1) is 10.6. The van der Waals surface area contributed by atoms with Gasteiger partial charge in [-0.05, 0) is 12.1 Å². The molecule has 0 radical (unpaired) electrons. The number of aromatic nitrogens is 2. The van der Waals surface area contributed by atoms with Crippen molar-refractivity contribution in [3.63, 3.8) is 0 Å². The van der Waals surface area contributed by atoms with Crippen LogP contribution in [0.1, 0.15) is 5.89 Å². The summed E-state index contributed by atoms with van der Waals surface area (Å²) in [4.78, 5) is 0. The minimum absolute atomic E-state index is 0.0783. The Morgan fingerprint density at radius 2 is 1.94 bits per heavy atom. The molecule has 0 saturated heterocycles. The molecule has 2 aromatic rings. The molecule has 1 heterocycles. The average molecular weight is 239 g/mol.